The van der Waals surface area contributed by atoms with Crippen LogP contribution in [-0.2, 0) is 60.0 Å². The molecule has 0 saturated heterocycles. The van der Waals surface area contributed by atoms with Gasteiger partial charge in [0.1, 0.15) is 0 Å². The molecule has 0 atom stereocenters. The van der Waals surface area contributed by atoms with Crippen LogP contribution in [0.1, 0.15) is 0 Å². The maximum atomic E-state index is 12.5. The lowest BCUT2D eigenvalue weighted by Crippen LogP contribution is -2.13. The zero-order chi connectivity index (χ0) is 23.3. The molecular weight excluding hydrogens is 462 g/mol. The monoisotopic (exact) mass is 498 g/mol. The van der Waals surface area contributed by atoms with E-state index in [2.05, 4.69) is 0 Å². The quantitative estimate of drug-likeness (QED) is 0.142. The third-order valence-corrected chi connectivity index (χ3v) is 6.09. The lowest BCUT2D eigenvalue weighted by molar-refractivity contribution is 0.0277. The fourth-order valence-electron chi connectivity index (χ4n) is 1.67. The summed E-state index contributed by atoms with van der Waals surface area (Å²) < 4.78 is 80.6. The minimum absolute atomic E-state index is 0.0386. The predicted octanol–water partition coefficient (Wildman–Crippen LogP) is 1.90. The van der Waals surface area contributed by atoms with Gasteiger partial charge in [-0.05, 0) is 0 Å². The average molecular weight is 498 g/mol. The molecule has 0 aromatic carbocycles. The van der Waals surface area contributed by atoms with E-state index in [4.69, 9.17) is 50.8 Å². The zero-order valence-electron chi connectivity index (χ0n) is 18.7. The first kappa shape index (κ1) is 31.0. The van der Waals surface area contributed by atoms with Gasteiger partial charge in [-0.3, -0.25) is 27.1 Å². The average Bonchev–Trinajstić information content (AvgIpc) is 2.74. The van der Waals surface area contributed by atoms with Crippen molar-refractivity contribution in [3.8, 4) is 0 Å². The number of rotatable bonds is 24. The first-order valence-electron chi connectivity index (χ1n) is 9.56. The summed E-state index contributed by atoms with van der Waals surface area (Å²) in [4.78, 5) is 0. The molecule has 0 aromatic rings. The van der Waals surface area contributed by atoms with Crippen LogP contribution in [0.25, 0.3) is 0 Å². The first-order chi connectivity index (χ1) is 14.9. The number of phosphoric acid groups is 2. The standard InChI is InChI=1S/C16H36O13P2/c1-19-5-11-24-30(17,25-12-6-20-2)28-15-9-23-10-16-29-31(18,26-13-7-21-3)27-14-8-22-4/h5-16H2,1-4H3. The van der Waals surface area contributed by atoms with Crippen molar-refractivity contribution in [3.63, 3.8) is 0 Å². The Hall–Kier alpha value is 0.0200. The molecule has 0 aliphatic heterocycles. The lowest BCUT2D eigenvalue weighted by atomic mass is 10.7. The SMILES string of the molecule is COCCOP(=O)(OCCOC)OCCOCCOP(=O)(OCCOC)OCCOC. The number of phosphoric ester groups is 2. The van der Waals surface area contributed by atoms with Gasteiger partial charge in [0.2, 0.25) is 0 Å². The van der Waals surface area contributed by atoms with Gasteiger partial charge in [-0.2, -0.15) is 0 Å². The Balaban J connectivity index is 4.21. The minimum atomic E-state index is -3.77. The molecule has 0 bridgehead atoms. The lowest BCUT2D eigenvalue weighted by Gasteiger charge is -2.18. The molecule has 15 heteroatoms. The number of methoxy groups -OCH3 is 4. The molecule has 31 heavy (non-hydrogen) atoms. The summed E-state index contributed by atoms with van der Waals surface area (Å²) >= 11 is 0. The first-order valence-corrected chi connectivity index (χ1v) is 12.5. The van der Waals surface area contributed by atoms with Crippen molar-refractivity contribution >= 4 is 15.6 Å². The molecule has 0 aromatic heterocycles. The molecule has 0 heterocycles. The second kappa shape index (κ2) is 20.6. The molecular formula is C16H36O13P2. The molecule has 13 nitrogen and oxygen atoms in total. The van der Waals surface area contributed by atoms with E-state index >= 15 is 0 Å². The van der Waals surface area contributed by atoms with Gasteiger partial charge in [-0.25, -0.2) is 9.13 Å². The summed E-state index contributed by atoms with van der Waals surface area (Å²) in [7, 11) is -1.60. The molecule has 0 aliphatic rings. The third kappa shape index (κ3) is 18.2. The molecule has 0 amide bonds. The Morgan fingerprint density at radius 2 is 0.613 bits per heavy atom. The highest BCUT2D eigenvalue weighted by Gasteiger charge is 2.27. The Labute approximate surface area is 184 Å². The van der Waals surface area contributed by atoms with Crippen molar-refractivity contribution in [1.82, 2.24) is 0 Å². The van der Waals surface area contributed by atoms with Gasteiger partial charge < -0.3 is 23.7 Å². The van der Waals surface area contributed by atoms with Crippen molar-refractivity contribution in [2.75, 3.05) is 108 Å². The van der Waals surface area contributed by atoms with Gasteiger partial charge in [0, 0.05) is 28.4 Å². The highest BCUT2D eigenvalue weighted by atomic mass is 31.2. The topological polar surface area (TPSA) is 136 Å². The molecule has 0 radical (unpaired) electrons. The van der Waals surface area contributed by atoms with Crippen LogP contribution in [0.3, 0.4) is 0 Å². The number of ether oxygens (including phenoxy) is 5. The minimum Gasteiger partial charge on any atom is -0.382 e. The fourth-order valence-corrected chi connectivity index (χ4v) is 3.91. The van der Waals surface area contributed by atoms with E-state index in [9.17, 15) is 9.13 Å². The third-order valence-electron chi connectivity index (χ3n) is 3.10. The van der Waals surface area contributed by atoms with Crippen molar-refractivity contribution < 1.29 is 60.0 Å². The largest absolute Gasteiger partial charge is 0.475 e. The molecule has 0 spiro atoms. The van der Waals surface area contributed by atoms with E-state index in [-0.39, 0.29) is 79.3 Å². The maximum absolute atomic E-state index is 12.5. The number of hydrogen-bond acceptors (Lipinski definition) is 13. The van der Waals surface area contributed by atoms with E-state index < -0.39 is 15.6 Å². The van der Waals surface area contributed by atoms with Gasteiger partial charge in [0.25, 0.3) is 0 Å². The van der Waals surface area contributed by atoms with Crippen LogP contribution < -0.4 is 0 Å². The van der Waals surface area contributed by atoms with E-state index in [0.717, 1.165) is 0 Å². The summed E-state index contributed by atoms with van der Waals surface area (Å²) in [5.41, 5.74) is 0. The highest BCUT2D eigenvalue weighted by Crippen LogP contribution is 2.49. The Bertz CT molecular complexity index is 424. The van der Waals surface area contributed by atoms with Crippen LogP contribution in [0.2, 0.25) is 0 Å². The van der Waals surface area contributed by atoms with Gasteiger partial charge in [0.05, 0.1) is 79.3 Å². The predicted molar refractivity (Wildman–Crippen MR) is 109 cm³/mol. The molecule has 0 saturated carbocycles. The van der Waals surface area contributed by atoms with E-state index in [0.29, 0.717) is 0 Å². The molecule has 0 unspecified atom stereocenters. The fraction of sp³-hybridized carbons (Fsp3) is 1.00. The Morgan fingerprint density at radius 1 is 0.387 bits per heavy atom. The smallest absolute Gasteiger partial charge is 0.382 e. The van der Waals surface area contributed by atoms with Crippen LogP contribution in [-0.4, -0.2) is 108 Å². The molecule has 0 N–H and O–H groups in total. The van der Waals surface area contributed by atoms with E-state index in [1.807, 2.05) is 0 Å². The van der Waals surface area contributed by atoms with Crippen LogP contribution in [0, 0.1) is 0 Å². The number of hydrogen-bond donors (Lipinski definition) is 0. The second-order valence-electron chi connectivity index (χ2n) is 5.48. The van der Waals surface area contributed by atoms with Gasteiger partial charge >= 0.3 is 15.6 Å². The van der Waals surface area contributed by atoms with E-state index in [1.165, 1.54) is 28.4 Å². The molecule has 188 valence electrons. The molecule has 0 rings (SSSR count). The highest BCUT2D eigenvalue weighted by molar-refractivity contribution is 7.48. The molecule has 0 fully saturated rings. The zero-order valence-corrected chi connectivity index (χ0v) is 20.5. The summed E-state index contributed by atoms with van der Waals surface area (Å²) in [5, 5.41) is 0. The Morgan fingerprint density at radius 3 is 0.839 bits per heavy atom. The van der Waals surface area contributed by atoms with Crippen molar-refractivity contribution in [1.29, 1.82) is 0 Å². The van der Waals surface area contributed by atoms with Gasteiger partial charge in [-0.15, -0.1) is 0 Å². The molecule has 0 aliphatic carbocycles. The van der Waals surface area contributed by atoms with Crippen LogP contribution >= 0.6 is 15.6 Å². The van der Waals surface area contributed by atoms with Gasteiger partial charge in [-0.1, -0.05) is 0 Å². The van der Waals surface area contributed by atoms with Crippen LogP contribution in [0.4, 0.5) is 0 Å². The summed E-state index contributed by atoms with van der Waals surface area (Å²) in [6.45, 7) is 1.07. The Kier molecular flexibility index (Phi) is 20.6. The van der Waals surface area contributed by atoms with Crippen molar-refractivity contribution in [2.45, 2.75) is 0 Å². The van der Waals surface area contributed by atoms with E-state index in [1.54, 1.807) is 0 Å². The maximum Gasteiger partial charge on any atom is 0.475 e. The summed E-state index contributed by atoms with van der Waals surface area (Å²) in [6, 6.07) is 0. The normalized spacial score (nSPS) is 12.5. The van der Waals surface area contributed by atoms with Crippen LogP contribution in [0.15, 0.2) is 0 Å². The van der Waals surface area contributed by atoms with Gasteiger partial charge in [0.15, 0.2) is 0 Å². The van der Waals surface area contributed by atoms with Crippen molar-refractivity contribution in [3.05, 3.63) is 0 Å². The summed E-state index contributed by atoms with van der Waals surface area (Å²) in [6.07, 6.45) is 0. The van der Waals surface area contributed by atoms with Crippen molar-refractivity contribution in [2.24, 2.45) is 0 Å². The second-order valence-corrected chi connectivity index (χ2v) is 8.82. The van der Waals surface area contributed by atoms with Crippen LogP contribution in [0.5, 0.6) is 0 Å². The summed E-state index contributed by atoms with van der Waals surface area (Å²) in [5.74, 6) is 0.